The number of rotatable bonds is 3. The molecule has 2 aliphatic heterocycles. The number of halogens is 3. The molecule has 2 aliphatic rings. The zero-order valence-electron chi connectivity index (χ0n) is 16.1. The van der Waals surface area contributed by atoms with Crippen molar-refractivity contribution in [1.29, 1.82) is 0 Å². The average Bonchev–Trinajstić information content (AvgIpc) is 2.75. The lowest BCUT2D eigenvalue weighted by molar-refractivity contribution is 0.0985. The first kappa shape index (κ1) is 20.5. The Bertz CT molecular complexity index is 1190. The Hall–Kier alpha value is -2.39. The Morgan fingerprint density at radius 1 is 1.23 bits per heavy atom. The number of hydrogen-bond acceptors (Lipinski definition) is 6. The van der Waals surface area contributed by atoms with E-state index in [4.69, 9.17) is 23.2 Å². The molecule has 3 aromatic rings. The molecule has 0 aliphatic carbocycles. The van der Waals surface area contributed by atoms with Crippen molar-refractivity contribution in [3.63, 3.8) is 0 Å². The molecule has 0 saturated carbocycles. The zero-order valence-corrected chi connectivity index (χ0v) is 18.4. The van der Waals surface area contributed by atoms with Crippen LogP contribution in [0.1, 0.15) is 21.5 Å². The van der Waals surface area contributed by atoms with Crippen LogP contribution in [-0.4, -0.2) is 28.3 Å². The summed E-state index contributed by atoms with van der Waals surface area (Å²) in [5.74, 6) is 0.0918. The quantitative estimate of drug-likeness (QED) is 0.518. The second-order valence-electron chi connectivity index (χ2n) is 7.14. The summed E-state index contributed by atoms with van der Waals surface area (Å²) in [4.78, 5) is 23.3. The highest BCUT2D eigenvalue weighted by molar-refractivity contribution is 7.99. The molecule has 31 heavy (non-hydrogen) atoms. The predicted molar refractivity (Wildman–Crippen MR) is 121 cm³/mol. The van der Waals surface area contributed by atoms with Gasteiger partial charge >= 0.3 is 0 Å². The predicted octanol–water partition coefficient (Wildman–Crippen LogP) is 5.02. The molecule has 5 rings (SSSR count). The van der Waals surface area contributed by atoms with Crippen LogP contribution in [0, 0.1) is 5.82 Å². The molecule has 0 radical (unpaired) electrons. The minimum atomic E-state index is -0.277. The topological polar surface area (TPSA) is 70.1 Å². The van der Waals surface area contributed by atoms with E-state index in [1.165, 1.54) is 28.9 Å². The third kappa shape index (κ3) is 3.85. The van der Waals surface area contributed by atoms with Gasteiger partial charge in [-0.3, -0.25) is 9.69 Å². The minimum absolute atomic E-state index is 0.240. The summed E-state index contributed by atoms with van der Waals surface area (Å²) >= 11 is 13.9. The molecule has 2 N–H and O–H groups in total. The lowest BCUT2D eigenvalue weighted by Crippen LogP contribution is -2.35. The summed E-state index contributed by atoms with van der Waals surface area (Å²) in [6.07, 6.45) is 2.13. The molecule has 1 aromatic heterocycles. The van der Waals surface area contributed by atoms with Crippen molar-refractivity contribution < 1.29 is 9.18 Å². The number of nitrogens with one attached hydrogen (secondary N) is 2. The molecule has 6 nitrogen and oxygen atoms in total. The van der Waals surface area contributed by atoms with Gasteiger partial charge in [-0.1, -0.05) is 41.0 Å². The van der Waals surface area contributed by atoms with Crippen LogP contribution >= 0.6 is 35.0 Å². The van der Waals surface area contributed by atoms with Gasteiger partial charge in [0.05, 0.1) is 27.2 Å². The average molecular weight is 476 g/mol. The molecule has 10 heteroatoms. The molecule has 0 saturated heterocycles. The van der Waals surface area contributed by atoms with Gasteiger partial charge in [0.1, 0.15) is 10.8 Å². The number of thioether (sulfide) groups is 1. The van der Waals surface area contributed by atoms with E-state index in [1.807, 2.05) is 6.07 Å². The third-order valence-electron chi connectivity index (χ3n) is 5.18. The van der Waals surface area contributed by atoms with E-state index in [1.54, 1.807) is 18.2 Å². The summed E-state index contributed by atoms with van der Waals surface area (Å²) < 4.78 is 14.4. The summed E-state index contributed by atoms with van der Waals surface area (Å²) in [7, 11) is 0. The van der Waals surface area contributed by atoms with Crippen molar-refractivity contribution in [2.24, 2.45) is 0 Å². The Balaban J connectivity index is 1.41. The minimum Gasteiger partial charge on any atom is -0.324 e. The number of carbonyl (C=O) groups is 1. The van der Waals surface area contributed by atoms with Crippen LogP contribution in [0.2, 0.25) is 10.0 Å². The largest absolute Gasteiger partial charge is 0.324 e. The first-order chi connectivity index (χ1) is 15.0. The Kier molecular flexibility index (Phi) is 5.47. The molecule has 0 unspecified atom stereocenters. The van der Waals surface area contributed by atoms with Crippen LogP contribution in [0.25, 0.3) is 0 Å². The second-order valence-corrected chi connectivity index (χ2v) is 8.88. The highest BCUT2D eigenvalue weighted by atomic mass is 35.5. The molecule has 158 valence electrons. The van der Waals surface area contributed by atoms with Gasteiger partial charge in [-0.2, -0.15) is 0 Å². The number of para-hydroxylation sites is 1. The normalized spacial score (nSPS) is 15.5. The number of fused-ring (bicyclic) bond motifs is 2. The molecule has 0 spiro atoms. The number of amides is 1. The van der Waals surface area contributed by atoms with E-state index < -0.39 is 0 Å². The van der Waals surface area contributed by atoms with E-state index in [2.05, 4.69) is 20.6 Å². The first-order valence-electron chi connectivity index (χ1n) is 9.56. The smallest absolute Gasteiger partial charge is 0.263 e. The van der Waals surface area contributed by atoms with Crippen molar-refractivity contribution in [3.8, 4) is 0 Å². The summed E-state index contributed by atoms with van der Waals surface area (Å²) in [6.45, 7) is 1.39. The molecule has 0 bridgehead atoms. The maximum atomic E-state index is 14.4. The van der Waals surface area contributed by atoms with E-state index in [9.17, 15) is 9.18 Å². The van der Waals surface area contributed by atoms with Gasteiger partial charge in [-0.05, 0) is 48.4 Å². The highest BCUT2D eigenvalue weighted by Gasteiger charge is 2.30. The van der Waals surface area contributed by atoms with Gasteiger partial charge < -0.3 is 10.6 Å². The fourth-order valence-corrected chi connectivity index (χ4v) is 5.24. The van der Waals surface area contributed by atoms with Crippen molar-refractivity contribution in [3.05, 3.63) is 69.1 Å². The van der Waals surface area contributed by atoms with Crippen LogP contribution in [0.15, 0.2) is 41.6 Å². The summed E-state index contributed by atoms with van der Waals surface area (Å²) in [5.41, 5.74) is 3.06. The molecule has 0 atom stereocenters. The molecule has 2 aromatic carbocycles. The fourth-order valence-electron chi connectivity index (χ4n) is 3.69. The lowest BCUT2D eigenvalue weighted by atomic mass is 10.00. The number of hydrogen-bond donors (Lipinski definition) is 2. The molecular weight excluding hydrogens is 460 g/mol. The van der Waals surface area contributed by atoms with E-state index in [-0.39, 0.29) is 11.7 Å². The monoisotopic (exact) mass is 475 g/mol. The van der Waals surface area contributed by atoms with Crippen LogP contribution in [0.3, 0.4) is 0 Å². The first-order valence-corrected chi connectivity index (χ1v) is 11.3. The molecule has 0 fully saturated rings. The summed E-state index contributed by atoms with van der Waals surface area (Å²) in [5, 5.41) is 7.63. The Morgan fingerprint density at radius 2 is 2.03 bits per heavy atom. The number of carbonyl (C=O) groups excluding carboxylic acids is 1. The highest BCUT2D eigenvalue weighted by Crippen LogP contribution is 2.39. The van der Waals surface area contributed by atoms with Gasteiger partial charge in [-0.15, -0.1) is 0 Å². The van der Waals surface area contributed by atoms with Crippen LogP contribution in [0.4, 0.5) is 21.7 Å². The van der Waals surface area contributed by atoms with Crippen molar-refractivity contribution in [2.45, 2.75) is 18.0 Å². The zero-order chi connectivity index (χ0) is 21.5. The van der Waals surface area contributed by atoms with Crippen LogP contribution < -0.4 is 15.5 Å². The lowest BCUT2D eigenvalue weighted by Gasteiger charge is -2.28. The maximum absolute atomic E-state index is 14.4. The maximum Gasteiger partial charge on any atom is 0.263 e. The molecule has 3 heterocycles. The number of aromatic nitrogens is 2. The van der Waals surface area contributed by atoms with Crippen molar-refractivity contribution in [2.75, 3.05) is 22.6 Å². The van der Waals surface area contributed by atoms with Crippen molar-refractivity contribution in [1.82, 2.24) is 15.3 Å². The number of benzene rings is 2. The number of anilines is 3. The molecule has 1 amide bonds. The van der Waals surface area contributed by atoms with E-state index in [0.717, 1.165) is 17.7 Å². The van der Waals surface area contributed by atoms with Crippen LogP contribution in [0.5, 0.6) is 0 Å². The fraction of sp³-hybridized carbons (Fsp3) is 0.190. The van der Waals surface area contributed by atoms with Gasteiger partial charge in [0, 0.05) is 18.4 Å². The summed E-state index contributed by atoms with van der Waals surface area (Å²) in [6, 6.07) is 8.45. The van der Waals surface area contributed by atoms with Gasteiger partial charge in [0.2, 0.25) is 5.95 Å². The number of nitrogens with zero attached hydrogens (tertiary/aromatic N) is 3. The second kappa shape index (κ2) is 8.27. The van der Waals surface area contributed by atoms with E-state index >= 15 is 0 Å². The Morgan fingerprint density at radius 3 is 2.84 bits per heavy atom. The Labute approximate surface area is 192 Å². The van der Waals surface area contributed by atoms with Crippen molar-refractivity contribution >= 4 is 58.2 Å². The standard InChI is InChI=1S/C21H16Cl2FN5OS/c22-15-2-1-3-16(23)18(15)29-10-31-19-14(20(29)30)9-26-21(28-19)27-12-6-11-8-25-5-4-13(11)17(24)7-12/h1-3,6-7,9,25H,4-5,8,10H2,(H,26,27,28). The van der Waals surface area contributed by atoms with Gasteiger partial charge in [0.15, 0.2) is 0 Å². The van der Waals surface area contributed by atoms with Gasteiger partial charge in [-0.25, -0.2) is 14.4 Å². The third-order valence-corrected chi connectivity index (χ3v) is 6.76. The van der Waals surface area contributed by atoms with E-state index in [0.29, 0.717) is 56.8 Å². The SMILES string of the molecule is O=C1c2cnc(Nc3cc(F)c4c(c3)CNCC4)nc2SCN1c1c(Cl)cccc1Cl. The van der Waals surface area contributed by atoms with Crippen LogP contribution in [-0.2, 0) is 13.0 Å². The molecular formula is C21H16Cl2FN5OS. The van der Waals surface area contributed by atoms with Gasteiger partial charge in [0.25, 0.3) is 5.91 Å².